The van der Waals surface area contributed by atoms with Gasteiger partial charge in [-0.05, 0) is 44.9 Å². The molecule has 0 saturated heterocycles. The summed E-state index contributed by atoms with van der Waals surface area (Å²) in [7, 11) is 0. The van der Waals surface area contributed by atoms with Crippen LogP contribution >= 0.6 is 0 Å². The number of nitrogens with zero attached hydrogens (tertiary/aromatic N) is 1. The fourth-order valence-corrected chi connectivity index (χ4v) is 2.07. The molecule has 0 aliphatic carbocycles. The van der Waals surface area contributed by atoms with Gasteiger partial charge in [-0.1, -0.05) is 0 Å². The van der Waals surface area contributed by atoms with Crippen molar-refractivity contribution in [2.24, 2.45) is 0 Å². The zero-order valence-electron chi connectivity index (χ0n) is 9.96. The standard InChI is InChI=1S/C12H20N2O/c1-8-7-9(2)14-11(4)12(8)10(3)13-5-6-15/h7,10,13,15H,5-6H2,1-4H3. The smallest absolute Gasteiger partial charge is 0.0556 e. The maximum Gasteiger partial charge on any atom is 0.0556 e. The number of aliphatic hydroxyl groups excluding tert-OH is 1. The quantitative estimate of drug-likeness (QED) is 0.791. The maximum atomic E-state index is 8.77. The van der Waals surface area contributed by atoms with Gasteiger partial charge >= 0.3 is 0 Å². The second-order valence-corrected chi connectivity index (χ2v) is 3.98. The SMILES string of the molecule is Cc1cc(C)c(C(C)NCCO)c(C)n1. The molecule has 84 valence electrons. The van der Waals surface area contributed by atoms with Crippen molar-refractivity contribution < 1.29 is 5.11 Å². The van der Waals surface area contributed by atoms with E-state index >= 15 is 0 Å². The summed E-state index contributed by atoms with van der Waals surface area (Å²) >= 11 is 0. The molecule has 0 aromatic carbocycles. The minimum Gasteiger partial charge on any atom is -0.395 e. The summed E-state index contributed by atoms with van der Waals surface area (Å²) in [5.41, 5.74) is 4.64. The van der Waals surface area contributed by atoms with Crippen LogP contribution in [0.3, 0.4) is 0 Å². The van der Waals surface area contributed by atoms with Crippen LogP contribution in [-0.2, 0) is 0 Å². The van der Waals surface area contributed by atoms with Gasteiger partial charge in [0.05, 0.1) is 6.61 Å². The topological polar surface area (TPSA) is 45.1 Å². The van der Waals surface area contributed by atoms with E-state index in [2.05, 4.69) is 30.2 Å². The molecule has 0 bridgehead atoms. The lowest BCUT2D eigenvalue weighted by molar-refractivity contribution is 0.286. The van der Waals surface area contributed by atoms with Gasteiger partial charge in [0.2, 0.25) is 0 Å². The Bertz CT molecular complexity index is 313. The van der Waals surface area contributed by atoms with Crippen LogP contribution in [-0.4, -0.2) is 23.2 Å². The lowest BCUT2D eigenvalue weighted by Gasteiger charge is -2.18. The number of pyridine rings is 1. The molecule has 1 aromatic heterocycles. The zero-order valence-corrected chi connectivity index (χ0v) is 9.96. The van der Waals surface area contributed by atoms with Gasteiger partial charge in [0.15, 0.2) is 0 Å². The summed E-state index contributed by atoms with van der Waals surface area (Å²) < 4.78 is 0. The number of aryl methyl sites for hydroxylation is 3. The van der Waals surface area contributed by atoms with E-state index in [0.29, 0.717) is 6.54 Å². The second kappa shape index (κ2) is 5.24. The normalized spacial score (nSPS) is 12.9. The van der Waals surface area contributed by atoms with Crippen LogP contribution in [0.2, 0.25) is 0 Å². The van der Waals surface area contributed by atoms with Crippen molar-refractivity contribution in [2.75, 3.05) is 13.2 Å². The summed E-state index contributed by atoms with van der Waals surface area (Å²) in [5.74, 6) is 0. The number of hydrogen-bond acceptors (Lipinski definition) is 3. The highest BCUT2D eigenvalue weighted by Crippen LogP contribution is 2.20. The lowest BCUT2D eigenvalue weighted by atomic mass is 10.0. The van der Waals surface area contributed by atoms with E-state index in [9.17, 15) is 0 Å². The molecule has 1 unspecified atom stereocenters. The van der Waals surface area contributed by atoms with Gasteiger partial charge in [-0.3, -0.25) is 4.98 Å². The average Bonchev–Trinajstić information content (AvgIpc) is 2.12. The van der Waals surface area contributed by atoms with E-state index in [4.69, 9.17) is 5.11 Å². The minimum atomic E-state index is 0.168. The number of hydrogen-bond donors (Lipinski definition) is 2. The van der Waals surface area contributed by atoms with Crippen LogP contribution in [0.4, 0.5) is 0 Å². The third-order valence-electron chi connectivity index (χ3n) is 2.58. The molecule has 15 heavy (non-hydrogen) atoms. The van der Waals surface area contributed by atoms with Gasteiger partial charge in [0.25, 0.3) is 0 Å². The third-order valence-corrected chi connectivity index (χ3v) is 2.58. The number of nitrogens with one attached hydrogen (secondary N) is 1. The summed E-state index contributed by atoms with van der Waals surface area (Å²) in [6.45, 7) is 9.04. The molecule has 0 saturated carbocycles. The molecule has 0 radical (unpaired) electrons. The highest BCUT2D eigenvalue weighted by Gasteiger charge is 2.11. The first kappa shape index (κ1) is 12.1. The van der Waals surface area contributed by atoms with E-state index in [1.54, 1.807) is 0 Å². The zero-order chi connectivity index (χ0) is 11.4. The molecule has 1 atom stereocenters. The molecular weight excluding hydrogens is 188 g/mol. The summed E-state index contributed by atoms with van der Waals surface area (Å²) in [5, 5.41) is 12.0. The van der Waals surface area contributed by atoms with Crippen molar-refractivity contribution in [2.45, 2.75) is 33.7 Å². The predicted octanol–water partition coefficient (Wildman–Crippen LogP) is 1.65. The van der Waals surface area contributed by atoms with Gasteiger partial charge in [-0.25, -0.2) is 0 Å². The molecule has 3 heteroatoms. The first-order chi connectivity index (χ1) is 7.06. The fourth-order valence-electron chi connectivity index (χ4n) is 2.07. The van der Waals surface area contributed by atoms with Crippen LogP contribution < -0.4 is 5.32 Å². The monoisotopic (exact) mass is 208 g/mol. The summed E-state index contributed by atoms with van der Waals surface area (Å²) in [6, 6.07) is 2.34. The average molecular weight is 208 g/mol. The van der Waals surface area contributed by atoms with Gasteiger partial charge in [-0.15, -0.1) is 0 Å². The summed E-state index contributed by atoms with van der Waals surface area (Å²) in [6.07, 6.45) is 0. The third kappa shape index (κ3) is 3.01. The fraction of sp³-hybridized carbons (Fsp3) is 0.583. The maximum absolute atomic E-state index is 8.77. The molecule has 0 amide bonds. The van der Waals surface area contributed by atoms with Crippen molar-refractivity contribution >= 4 is 0 Å². The van der Waals surface area contributed by atoms with E-state index in [1.165, 1.54) is 11.1 Å². The molecule has 1 heterocycles. The molecule has 0 aliphatic rings. The van der Waals surface area contributed by atoms with Gasteiger partial charge in [-0.2, -0.15) is 0 Å². The largest absolute Gasteiger partial charge is 0.395 e. The predicted molar refractivity (Wildman–Crippen MR) is 62.0 cm³/mol. The Hall–Kier alpha value is -0.930. The van der Waals surface area contributed by atoms with Crippen molar-refractivity contribution in [3.63, 3.8) is 0 Å². The number of aliphatic hydroxyl groups is 1. The highest BCUT2D eigenvalue weighted by atomic mass is 16.3. The van der Waals surface area contributed by atoms with Crippen LogP contribution in [0.15, 0.2) is 6.07 Å². The molecule has 3 nitrogen and oxygen atoms in total. The van der Waals surface area contributed by atoms with Crippen LogP contribution in [0.25, 0.3) is 0 Å². The number of rotatable bonds is 4. The van der Waals surface area contributed by atoms with Gasteiger partial charge in [0, 0.05) is 24.0 Å². The van der Waals surface area contributed by atoms with Crippen LogP contribution in [0, 0.1) is 20.8 Å². The lowest BCUT2D eigenvalue weighted by Crippen LogP contribution is -2.23. The van der Waals surface area contributed by atoms with E-state index in [0.717, 1.165) is 11.4 Å². The molecule has 0 fully saturated rings. The Labute approximate surface area is 91.5 Å². The molecular formula is C12H20N2O. The Balaban J connectivity index is 2.92. The van der Waals surface area contributed by atoms with E-state index < -0.39 is 0 Å². The Morgan fingerprint density at radius 2 is 2.07 bits per heavy atom. The molecule has 0 spiro atoms. The van der Waals surface area contributed by atoms with Crippen LogP contribution in [0.5, 0.6) is 0 Å². The van der Waals surface area contributed by atoms with E-state index in [-0.39, 0.29) is 12.6 Å². The van der Waals surface area contributed by atoms with E-state index in [1.807, 2.05) is 13.8 Å². The van der Waals surface area contributed by atoms with Crippen LogP contribution in [0.1, 0.15) is 35.5 Å². The van der Waals surface area contributed by atoms with Crippen molar-refractivity contribution in [1.82, 2.24) is 10.3 Å². The highest BCUT2D eigenvalue weighted by molar-refractivity contribution is 5.33. The van der Waals surface area contributed by atoms with Crippen molar-refractivity contribution in [3.8, 4) is 0 Å². The summed E-state index contributed by atoms with van der Waals surface area (Å²) in [4.78, 5) is 4.46. The molecule has 0 aliphatic heterocycles. The Kier molecular flexibility index (Phi) is 4.24. The van der Waals surface area contributed by atoms with Crippen molar-refractivity contribution in [1.29, 1.82) is 0 Å². The first-order valence-corrected chi connectivity index (χ1v) is 5.35. The minimum absolute atomic E-state index is 0.168. The number of aromatic nitrogens is 1. The van der Waals surface area contributed by atoms with Gasteiger partial charge in [0.1, 0.15) is 0 Å². The Morgan fingerprint density at radius 1 is 1.40 bits per heavy atom. The molecule has 1 rings (SSSR count). The Morgan fingerprint density at radius 3 is 2.60 bits per heavy atom. The molecule has 2 N–H and O–H groups in total. The second-order valence-electron chi connectivity index (χ2n) is 3.98. The van der Waals surface area contributed by atoms with Gasteiger partial charge < -0.3 is 10.4 Å². The van der Waals surface area contributed by atoms with Crippen molar-refractivity contribution in [3.05, 3.63) is 28.6 Å². The molecule has 1 aromatic rings. The first-order valence-electron chi connectivity index (χ1n) is 5.35.